The average molecular weight is 229 g/mol. The zero-order valence-electron chi connectivity index (χ0n) is 8.65. The first-order valence-electron chi connectivity index (χ1n) is 5.18. The zero-order chi connectivity index (χ0) is 9.64. The number of nitrogens with one attached hydrogen (secondary N) is 2. The van der Waals surface area contributed by atoms with Crippen LogP contribution in [0.3, 0.4) is 0 Å². The molecule has 0 amide bonds. The molecule has 15 heavy (non-hydrogen) atoms. The van der Waals surface area contributed by atoms with Crippen LogP contribution in [-0.4, -0.2) is 29.1 Å². The minimum absolute atomic E-state index is 0. The summed E-state index contributed by atoms with van der Waals surface area (Å²) in [6.45, 7) is 2.09. The van der Waals surface area contributed by atoms with Crippen molar-refractivity contribution in [3.05, 3.63) is 18.6 Å². The number of rotatable bonds is 3. The first kappa shape index (κ1) is 12.2. The number of halogens is 1. The summed E-state index contributed by atoms with van der Waals surface area (Å²) in [6.07, 6.45) is 9.04. The Morgan fingerprint density at radius 3 is 3.00 bits per heavy atom. The Hall–Kier alpha value is -0.870. The second-order valence-electron chi connectivity index (χ2n) is 3.62. The lowest BCUT2D eigenvalue weighted by Crippen LogP contribution is -2.39. The van der Waals surface area contributed by atoms with Crippen LogP contribution in [0, 0.1) is 0 Å². The van der Waals surface area contributed by atoms with E-state index in [9.17, 15) is 0 Å². The van der Waals surface area contributed by atoms with Crippen LogP contribution in [0.4, 0.5) is 5.82 Å². The van der Waals surface area contributed by atoms with E-state index in [1.54, 1.807) is 18.6 Å². The van der Waals surface area contributed by atoms with Crippen LogP contribution in [-0.2, 0) is 0 Å². The van der Waals surface area contributed by atoms with Crippen LogP contribution in [0.15, 0.2) is 18.6 Å². The molecule has 0 aromatic carbocycles. The minimum atomic E-state index is 0. The van der Waals surface area contributed by atoms with Gasteiger partial charge in [-0.15, -0.1) is 12.4 Å². The Labute approximate surface area is 96.3 Å². The Kier molecular flexibility index (Phi) is 5.36. The molecule has 0 spiro atoms. The van der Waals surface area contributed by atoms with Gasteiger partial charge < -0.3 is 10.6 Å². The van der Waals surface area contributed by atoms with Crippen molar-refractivity contribution in [3.8, 4) is 0 Å². The van der Waals surface area contributed by atoms with Gasteiger partial charge >= 0.3 is 0 Å². The van der Waals surface area contributed by atoms with E-state index in [0.29, 0.717) is 6.04 Å². The van der Waals surface area contributed by atoms with Gasteiger partial charge in [0.1, 0.15) is 5.82 Å². The maximum absolute atomic E-state index is 4.16. The smallest absolute Gasteiger partial charge is 0.144 e. The largest absolute Gasteiger partial charge is 0.367 e. The summed E-state index contributed by atoms with van der Waals surface area (Å²) in [4.78, 5) is 8.16. The molecule has 0 bridgehead atoms. The monoisotopic (exact) mass is 228 g/mol. The Morgan fingerprint density at radius 1 is 1.40 bits per heavy atom. The van der Waals surface area contributed by atoms with E-state index >= 15 is 0 Å². The van der Waals surface area contributed by atoms with Gasteiger partial charge in [-0.1, -0.05) is 6.42 Å². The number of aromatic nitrogens is 2. The fourth-order valence-corrected chi connectivity index (χ4v) is 1.72. The molecule has 2 heterocycles. The number of hydrogen-bond acceptors (Lipinski definition) is 4. The average Bonchev–Trinajstić information content (AvgIpc) is 2.29. The fourth-order valence-electron chi connectivity index (χ4n) is 1.72. The van der Waals surface area contributed by atoms with Crippen molar-refractivity contribution in [2.75, 3.05) is 18.4 Å². The van der Waals surface area contributed by atoms with Crippen LogP contribution < -0.4 is 10.6 Å². The normalized spacial score (nSPS) is 20.4. The van der Waals surface area contributed by atoms with Gasteiger partial charge in [-0.3, -0.25) is 4.98 Å². The van der Waals surface area contributed by atoms with Gasteiger partial charge in [0.25, 0.3) is 0 Å². The predicted molar refractivity (Wildman–Crippen MR) is 63.4 cm³/mol. The highest BCUT2D eigenvalue weighted by Crippen LogP contribution is 2.07. The second kappa shape index (κ2) is 6.58. The molecule has 1 aliphatic rings. The molecular weight excluding hydrogens is 212 g/mol. The molecule has 1 atom stereocenters. The quantitative estimate of drug-likeness (QED) is 0.823. The van der Waals surface area contributed by atoms with E-state index in [1.807, 2.05) is 0 Å². The van der Waals surface area contributed by atoms with Crippen molar-refractivity contribution in [1.29, 1.82) is 0 Å². The molecule has 0 aliphatic carbocycles. The maximum atomic E-state index is 4.16. The summed E-state index contributed by atoms with van der Waals surface area (Å²) in [5.41, 5.74) is 0. The van der Waals surface area contributed by atoms with Crippen molar-refractivity contribution < 1.29 is 0 Å². The van der Waals surface area contributed by atoms with E-state index < -0.39 is 0 Å². The summed E-state index contributed by atoms with van der Waals surface area (Å²) in [7, 11) is 0. The number of piperidine rings is 1. The van der Waals surface area contributed by atoms with Crippen LogP contribution in [0.25, 0.3) is 0 Å². The predicted octanol–water partition coefficient (Wildman–Crippen LogP) is 1.45. The third-order valence-corrected chi connectivity index (χ3v) is 2.51. The Morgan fingerprint density at radius 2 is 2.33 bits per heavy atom. The molecule has 84 valence electrons. The molecule has 2 rings (SSSR count). The number of nitrogens with zero attached hydrogens (tertiary/aromatic N) is 2. The van der Waals surface area contributed by atoms with Crippen LogP contribution >= 0.6 is 12.4 Å². The van der Waals surface area contributed by atoms with Gasteiger partial charge in [0.15, 0.2) is 0 Å². The molecule has 1 saturated heterocycles. The molecule has 1 aromatic rings. The third-order valence-electron chi connectivity index (χ3n) is 2.51. The van der Waals surface area contributed by atoms with Gasteiger partial charge in [-0.25, -0.2) is 4.98 Å². The number of hydrogen-bond donors (Lipinski definition) is 2. The number of anilines is 1. The van der Waals surface area contributed by atoms with E-state index in [0.717, 1.165) is 18.9 Å². The minimum Gasteiger partial charge on any atom is -0.367 e. The standard InChI is InChI=1S/C10H16N4.ClH/c1-2-4-12-9(3-1)7-14-10-8-11-5-6-13-10;/h5-6,8-9,12H,1-4,7H2,(H,13,14);1H. The van der Waals surface area contributed by atoms with Gasteiger partial charge in [-0.05, 0) is 19.4 Å². The van der Waals surface area contributed by atoms with E-state index in [-0.39, 0.29) is 12.4 Å². The van der Waals surface area contributed by atoms with Crippen LogP contribution in [0.5, 0.6) is 0 Å². The first-order chi connectivity index (χ1) is 6.95. The summed E-state index contributed by atoms with van der Waals surface area (Å²) >= 11 is 0. The molecule has 1 aromatic heterocycles. The maximum Gasteiger partial charge on any atom is 0.144 e. The lowest BCUT2D eigenvalue weighted by molar-refractivity contribution is 0.414. The van der Waals surface area contributed by atoms with Crippen LogP contribution in [0.1, 0.15) is 19.3 Å². The summed E-state index contributed by atoms with van der Waals surface area (Å²) < 4.78 is 0. The van der Waals surface area contributed by atoms with Crippen molar-refractivity contribution in [3.63, 3.8) is 0 Å². The Balaban J connectivity index is 0.00000112. The van der Waals surface area contributed by atoms with Crippen molar-refractivity contribution >= 4 is 18.2 Å². The van der Waals surface area contributed by atoms with Crippen molar-refractivity contribution in [1.82, 2.24) is 15.3 Å². The van der Waals surface area contributed by atoms with Crippen molar-refractivity contribution in [2.24, 2.45) is 0 Å². The fraction of sp³-hybridized carbons (Fsp3) is 0.600. The summed E-state index contributed by atoms with van der Waals surface area (Å²) in [5, 5.41) is 6.76. The van der Waals surface area contributed by atoms with E-state index in [4.69, 9.17) is 0 Å². The van der Waals surface area contributed by atoms with Gasteiger partial charge in [0.05, 0.1) is 6.20 Å². The van der Waals surface area contributed by atoms with Gasteiger partial charge in [0, 0.05) is 25.0 Å². The van der Waals surface area contributed by atoms with Gasteiger partial charge in [0.2, 0.25) is 0 Å². The molecule has 0 saturated carbocycles. The molecule has 0 radical (unpaired) electrons. The zero-order valence-corrected chi connectivity index (χ0v) is 9.46. The molecule has 1 fully saturated rings. The van der Waals surface area contributed by atoms with Crippen LogP contribution in [0.2, 0.25) is 0 Å². The SMILES string of the molecule is Cl.c1cnc(NCC2CCCCN2)cn1. The molecule has 1 unspecified atom stereocenters. The molecular formula is C10H17ClN4. The van der Waals surface area contributed by atoms with E-state index in [1.165, 1.54) is 19.3 Å². The lowest BCUT2D eigenvalue weighted by Gasteiger charge is -2.23. The summed E-state index contributed by atoms with van der Waals surface area (Å²) in [5.74, 6) is 0.861. The van der Waals surface area contributed by atoms with Gasteiger partial charge in [-0.2, -0.15) is 0 Å². The summed E-state index contributed by atoms with van der Waals surface area (Å²) in [6, 6.07) is 0.589. The topological polar surface area (TPSA) is 49.8 Å². The Bertz CT molecular complexity index is 261. The molecule has 1 aliphatic heterocycles. The third kappa shape index (κ3) is 4.01. The molecule has 2 N–H and O–H groups in total. The molecule has 5 heteroatoms. The molecule has 4 nitrogen and oxygen atoms in total. The van der Waals surface area contributed by atoms with Crippen molar-refractivity contribution in [2.45, 2.75) is 25.3 Å². The highest BCUT2D eigenvalue weighted by atomic mass is 35.5. The second-order valence-corrected chi connectivity index (χ2v) is 3.62. The highest BCUT2D eigenvalue weighted by Gasteiger charge is 2.11. The first-order valence-corrected chi connectivity index (χ1v) is 5.18. The highest BCUT2D eigenvalue weighted by molar-refractivity contribution is 5.85. The van der Waals surface area contributed by atoms with E-state index in [2.05, 4.69) is 20.6 Å². The lowest BCUT2D eigenvalue weighted by atomic mass is 10.1.